The van der Waals surface area contributed by atoms with Gasteiger partial charge in [-0.05, 0) is 23.6 Å². The van der Waals surface area contributed by atoms with Crippen LogP contribution in [0.4, 0.5) is 4.39 Å². The van der Waals surface area contributed by atoms with Gasteiger partial charge in [0.1, 0.15) is 16.4 Å². The largest absolute Gasteiger partial charge is 0.506 e. The number of hydrogen-bond acceptors (Lipinski definition) is 5. The lowest BCUT2D eigenvalue weighted by molar-refractivity contribution is 0.420. The van der Waals surface area contributed by atoms with Crippen LogP contribution in [-0.4, -0.2) is 15.2 Å². The van der Waals surface area contributed by atoms with E-state index < -0.39 is 5.82 Å². The van der Waals surface area contributed by atoms with Gasteiger partial charge in [-0.2, -0.15) is 4.98 Å². The monoisotopic (exact) mass is 310 g/mol. The van der Waals surface area contributed by atoms with E-state index in [4.69, 9.17) is 16.1 Å². The lowest BCUT2D eigenvalue weighted by atomic mass is 10.1. The summed E-state index contributed by atoms with van der Waals surface area (Å²) in [5.74, 6) is 0.178. The molecule has 0 aliphatic carbocycles. The molecule has 0 aliphatic rings. The summed E-state index contributed by atoms with van der Waals surface area (Å²) in [6, 6.07) is 6.00. The Morgan fingerprint density at radius 3 is 2.90 bits per heavy atom. The molecule has 0 bridgehead atoms. The maximum atomic E-state index is 13.7. The second-order valence-electron chi connectivity index (χ2n) is 4.03. The van der Waals surface area contributed by atoms with Gasteiger partial charge in [-0.25, -0.2) is 4.39 Å². The Balaban J connectivity index is 1.90. The molecule has 0 aliphatic heterocycles. The van der Waals surface area contributed by atoms with Crippen molar-refractivity contribution in [3.05, 3.63) is 51.9 Å². The second-order valence-corrected chi connectivity index (χ2v) is 5.35. The third kappa shape index (κ3) is 2.39. The molecule has 0 atom stereocenters. The first-order valence-corrected chi connectivity index (χ1v) is 6.93. The summed E-state index contributed by atoms with van der Waals surface area (Å²) in [7, 11) is 0. The molecule has 0 unspecified atom stereocenters. The first-order chi connectivity index (χ1) is 9.65. The molecule has 3 rings (SSSR count). The molecule has 0 fully saturated rings. The van der Waals surface area contributed by atoms with Gasteiger partial charge in [-0.3, -0.25) is 0 Å². The Kier molecular flexibility index (Phi) is 3.42. The standard InChI is InChI=1S/C13H8ClFN2O2S/c14-8-2-1-3-9(15)7(8)6-11-16-13(19-17-11)12-10(18)4-5-20-12/h1-5,18H,6H2. The Morgan fingerprint density at radius 1 is 1.35 bits per heavy atom. The van der Waals surface area contributed by atoms with Gasteiger partial charge in [0.25, 0.3) is 5.89 Å². The van der Waals surface area contributed by atoms with Crippen LogP contribution in [0, 0.1) is 5.82 Å². The Bertz CT molecular complexity index is 736. The third-order valence-corrected chi connectivity index (χ3v) is 3.95. The molecule has 4 nitrogen and oxygen atoms in total. The van der Waals surface area contributed by atoms with Gasteiger partial charge >= 0.3 is 0 Å². The van der Waals surface area contributed by atoms with Crippen molar-refractivity contribution < 1.29 is 14.0 Å². The van der Waals surface area contributed by atoms with Crippen LogP contribution in [0.25, 0.3) is 10.8 Å². The van der Waals surface area contributed by atoms with Crippen LogP contribution in [0.1, 0.15) is 11.4 Å². The number of thiophene rings is 1. The SMILES string of the molecule is Oc1ccsc1-c1nc(Cc2c(F)cccc2Cl)no1. The van der Waals surface area contributed by atoms with E-state index in [1.807, 2.05) is 0 Å². The number of aromatic hydroxyl groups is 1. The number of nitrogens with zero attached hydrogens (tertiary/aromatic N) is 2. The van der Waals surface area contributed by atoms with E-state index in [9.17, 15) is 9.50 Å². The quantitative estimate of drug-likeness (QED) is 0.797. The van der Waals surface area contributed by atoms with E-state index in [2.05, 4.69) is 10.1 Å². The van der Waals surface area contributed by atoms with E-state index >= 15 is 0 Å². The zero-order valence-electron chi connectivity index (χ0n) is 10.0. The molecule has 1 aromatic carbocycles. The van der Waals surface area contributed by atoms with Gasteiger partial charge in [-0.1, -0.05) is 22.8 Å². The van der Waals surface area contributed by atoms with Crippen LogP contribution in [-0.2, 0) is 6.42 Å². The molecule has 0 saturated heterocycles. The molecule has 3 aromatic rings. The van der Waals surface area contributed by atoms with Crippen LogP contribution >= 0.6 is 22.9 Å². The lowest BCUT2D eigenvalue weighted by Crippen LogP contribution is -1.95. The van der Waals surface area contributed by atoms with Crippen LogP contribution in [0.3, 0.4) is 0 Å². The predicted molar refractivity (Wildman–Crippen MR) is 73.5 cm³/mol. The van der Waals surface area contributed by atoms with Crippen molar-refractivity contribution in [3.8, 4) is 16.5 Å². The molecule has 7 heteroatoms. The van der Waals surface area contributed by atoms with Crippen molar-refractivity contribution in [2.45, 2.75) is 6.42 Å². The van der Waals surface area contributed by atoms with Crippen molar-refractivity contribution in [1.29, 1.82) is 0 Å². The fourth-order valence-corrected chi connectivity index (χ4v) is 2.68. The fraction of sp³-hybridized carbons (Fsp3) is 0.0769. The maximum absolute atomic E-state index is 13.7. The molecule has 0 radical (unpaired) electrons. The van der Waals surface area contributed by atoms with Gasteiger partial charge in [0.15, 0.2) is 5.82 Å². The number of aromatic nitrogens is 2. The van der Waals surface area contributed by atoms with E-state index in [1.165, 1.54) is 29.5 Å². The maximum Gasteiger partial charge on any atom is 0.271 e. The van der Waals surface area contributed by atoms with Crippen molar-refractivity contribution in [1.82, 2.24) is 10.1 Å². The molecular formula is C13H8ClFN2O2S. The summed E-state index contributed by atoms with van der Waals surface area (Å²) in [5.41, 5.74) is 0.317. The normalized spacial score (nSPS) is 10.9. The van der Waals surface area contributed by atoms with Gasteiger partial charge in [-0.15, -0.1) is 11.3 Å². The summed E-state index contributed by atoms with van der Waals surface area (Å²) in [6.07, 6.45) is 0.126. The first-order valence-electron chi connectivity index (χ1n) is 5.67. The van der Waals surface area contributed by atoms with Crippen molar-refractivity contribution in [3.63, 3.8) is 0 Å². The lowest BCUT2D eigenvalue weighted by Gasteiger charge is -2.01. The summed E-state index contributed by atoms with van der Waals surface area (Å²) in [5, 5.41) is 15.4. The third-order valence-electron chi connectivity index (χ3n) is 2.70. The number of benzene rings is 1. The average Bonchev–Trinajstić information content (AvgIpc) is 3.02. The molecular weight excluding hydrogens is 303 g/mol. The second kappa shape index (κ2) is 5.22. The highest BCUT2D eigenvalue weighted by Crippen LogP contribution is 2.33. The molecule has 20 heavy (non-hydrogen) atoms. The number of rotatable bonds is 3. The fourth-order valence-electron chi connectivity index (χ4n) is 1.74. The number of hydrogen-bond donors (Lipinski definition) is 1. The van der Waals surface area contributed by atoms with Crippen LogP contribution < -0.4 is 0 Å². The van der Waals surface area contributed by atoms with Crippen molar-refractivity contribution in [2.75, 3.05) is 0 Å². The van der Waals surface area contributed by atoms with Crippen LogP contribution in [0.5, 0.6) is 5.75 Å². The van der Waals surface area contributed by atoms with E-state index in [1.54, 1.807) is 11.4 Å². The van der Waals surface area contributed by atoms with Gasteiger partial charge in [0.05, 0.1) is 0 Å². The molecule has 1 N–H and O–H groups in total. The average molecular weight is 311 g/mol. The smallest absolute Gasteiger partial charge is 0.271 e. The first kappa shape index (κ1) is 13.1. The minimum Gasteiger partial charge on any atom is -0.506 e. The molecule has 0 spiro atoms. The molecule has 102 valence electrons. The Hall–Kier alpha value is -1.92. The topological polar surface area (TPSA) is 59.2 Å². The summed E-state index contributed by atoms with van der Waals surface area (Å²) in [6.45, 7) is 0. The van der Waals surface area contributed by atoms with Crippen LogP contribution in [0.2, 0.25) is 5.02 Å². The zero-order valence-corrected chi connectivity index (χ0v) is 11.6. The van der Waals surface area contributed by atoms with E-state index in [-0.39, 0.29) is 18.1 Å². The van der Waals surface area contributed by atoms with Crippen molar-refractivity contribution in [2.24, 2.45) is 0 Å². The minimum atomic E-state index is -0.414. The molecule has 0 amide bonds. The highest BCUT2D eigenvalue weighted by molar-refractivity contribution is 7.13. The van der Waals surface area contributed by atoms with Crippen molar-refractivity contribution >= 4 is 22.9 Å². The van der Waals surface area contributed by atoms with E-state index in [0.29, 0.717) is 21.3 Å². The minimum absolute atomic E-state index is 0.0779. The summed E-state index contributed by atoms with van der Waals surface area (Å²) >= 11 is 7.23. The van der Waals surface area contributed by atoms with Gasteiger partial charge < -0.3 is 9.63 Å². The summed E-state index contributed by atoms with van der Waals surface area (Å²) in [4.78, 5) is 4.63. The Morgan fingerprint density at radius 2 is 2.20 bits per heavy atom. The Labute approximate surface area is 122 Å². The van der Waals surface area contributed by atoms with Gasteiger partial charge in [0, 0.05) is 17.0 Å². The zero-order chi connectivity index (χ0) is 14.1. The van der Waals surface area contributed by atoms with E-state index in [0.717, 1.165) is 0 Å². The summed E-state index contributed by atoms with van der Waals surface area (Å²) < 4.78 is 18.7. The molecule has 2 heterocycles. The van der Waals surface area contributed by atoms with Crippen LogP contribution in [0.15, 0.2) is 34.2 Å². The highest BCUT2D eigenvalue weighted by Gasteiger charge is 2.16. The predicted octanol–water partition coefficient (Wildman–Crippen LogP) is 3.89. The molecule has 0 saturated carbocycles. The molecule has 2 aromatic heterocycles. The van der Waals surface area contributed by atoms with Gasteiger partial charge in [0.2, 0.25) is 0 Å². The number of halogens is 2. The highest BCUT2D eigenvalue weighted by atomic mass is 35.5.